The summed E-state index contributed by atoms with van der Waals surface area (Å²) < 4.78 is 0. The highest BCUT2D eigenvalue weighted by atomic mass is 16.6. The van der Waals surface area contributed by atoms with Crippen molar-refractivity contribution in [3.8, 4) is 0 Å². The normalized spacial score (nSPS) is 19.2. The van der Waals surface area contributed by atoms with E-state index in [1.165, 1.54) is 12.3 Å². The van der Waals surface area contributed by atoms with Gasteiger partial charge in [-0.2, -0.15) is 0 Å². The fraction of sp³-hybridized carbons (Fsp3) is 0.421. The van der Waals surface area contributed by atoms with E-state index in [1.54, 1.807) is 6.07 Å². The Kier molecular flexibility index (Phi) is 5.60. The fourth-order valence-corrected chi connectivity index (χ4v) is 3.45. The van der Waals surface area contributed by atoms with Crippen LogP contribution in [0.2, 0.25) is 0 Å². The van der Waals surface area contributed by atoms with Gasteiger partial charge < -0.3 is 10.0 Å². The Morgan fingerprint density at radius 3 is 2.68 bits per heavy atom. The number of hydrogen-bond acceptors (Lipinski definition) is 5. The third-order valence-corrected chi connectivity index (χ3v) is 4.79. The molecule has 0 aliphatic carbocycles. The van der Waals surface area contributed by atoms with Gasteiger partial charge in [0.15, 0.2) is 0 Å². The quantitative estimate of drug-likeness (QED) is 0.660. The largest absolute Gasteiger partial charge is 0.388 e. The molecule has 1 saturated heterocycles. The molecule has 1 aliphatic rings. The second kappa shape index (κ2) is 8.07. The lowest BCUT2D eigenvalue weighted by Crippen LogP contribution is -2.36. The Morgan fingerprint density at radius 1 is 1.20 bits per heavy atom. The van der Waals surface area contributed by atoms with Crippen LogP contribution in [0.5, 0.6) is 0 Å². The zero-order valence-corrected chi connectivity index (χ0v) is 14.1. The van der Waals surface area contributed by atoms with Gasteiger partial charge in [-0.1, -0.05) is 43.2 Å². The lowest BCUT2D eigenvalue weighted by Gasteiger charge is -2.32. The van der Waals surface area contributed by atoms with Crippen molar-refractivity contribution < 1.29 is 10.0 Å². The Morgan fingerprint density at radius 2 is 2.00 bits per heavy atom. The smallest absolute Gasteiger partial charge is 0.287 e. The molecule has 0 bridgehead atoms. The zero-order chi connectivity index (χ0) is 17.6. The van der Waals surface area contributed by atoms with Gasteiger partial charge >= 0.3 is 0 Å². The molecule has 1 aliphatic heterocycles. The van der Waals surface area contributed by atoms with Gasteiger partial charge in [-0.25, -0.2) is 4.98 Å². The molecule has 2 atom stereocenters. The molecule has 2 unspecified atom stereocenters. The van der Waals surface area contributed by atoms with Crippen LogP contribution in [0.15, 0.2) is 48.7 Å². The summed E-state index contributed by atoms with van der Waals surface area (Å²) in [5.41, 5.74) is 0.919. The van der Waals surface area contributed by atoms with Crippen molar-refractivity contribution in [2.24, 2.45) is 0 Å². The summed E-state index contributed by atoms with van der Waals surface area (Å²) in [5.74, 6) is 0.748. The maximum absolute atomic E-state index is 10.8. The summed E-state index contributed by atoms with van der Waals surface area (Å²) in [6, 6.07) is 13.1. The molecule has 1 fully saturated rings. The van der Waals surface area contributed by atoms with Gasteiger partial charge in [0, 0.05) is 18.7 Å². The van der Waals surface area contributed by atoms with E-state index < -0.39 is 11.0 Å². The maximum atomic E-state index is 10.8. The van der Waals surface area contributed by atoms with E-state index in [9.17, 15) is 15.2 Å². The molecule has 1 N–H and O–H groups in total. The first-order chi connectivity index (χ1) is 12.1. The van der Waals surface area contributed by atoms with Gasteiger partial charge in [0.25, 0.3) is 5.69 Å². The highest BCUT2D eigenvalue weighted by Gasteiger charge is 2.25. The minimum atomic E-state index is -0.523. The van der Waals surface area contributed by atoms with Crippen molar-refractivity contribution in [3.63, 3.8) is 0 Å². The monoisotopic (exact) mass is 341 g/mol. The molecule has 0 spiro atoms. The standard InChI is InChI=1S/C19H23N3O3/c23-18(15-7-3-1-4-8-15)13-16-9-5-2-6-12-21(16)19-11-10-17(14-20-19)22(24)25/h1,3-4,7-8,10-11,14,16,18,23H,2,5-6,9,12-13H2. The van der Waals surface area contributed by atoms with E-state index in [-0.39, 0.29) is 11.7 Å². The molecule has 6 nitrogen and oxygen atoms in total. The number of pyridine rings is 1. The average molecular weight is 341 g/mol. The van der Waals surface area contributed by atoms with Gasteiger partial charge in [0.05, 0.1) is 11.0 Å². The number of aliphatic hydroxyl groups is 1. The van der Waals surface area contributed by atoms with E-state index in [0.717, 1.165) is 43.6 Å². The SMILES string of the molecule is O=[N+]([O-])c1ccc(N2CCCCCC2CC(O)c2ccccc2)nc1. The lowest BCUT2D eigenvalue weighted by atomic mass is 9.98. The molecule has 1 aromatic carbocycles. The Balaban J connectivity index is 1.78. The number of hydrogen-bond donors (Lipinski definition) is 1. The first kappa shape index (κ1) is 17.4. The highest BCUT2D eigenvalue weighted by molar-refractivity contribution is 5.44. The third kappa shape index (κ3) is 4.33. The molecule has 1 aromatic heterocycles. The minimum absolute atomic E-state index is 0.000516. The van der Waals surface area contributed by atoms with Crippen LogP contribution in [0.3, 0.4) is 0 Å². The van der Waals surface area contributed by atoms with Gasteiger partial charge in [0.2, 0.25) is 0 Å². The summed E-state index contributed by atoms with van der Waals surface area (Å²) >= 11 is 0. The molecule has 6 heteroatoms. The number of benzene rings is 1. The van der Waals surface area contributed by atoms with Crippen LogP contribution in [0.4, 0.5) is 11.5 Å². The predicted molar refractivity (Wildman–Crippen MR) is 96.5 cm³/mol. The number of aromatic nitrogens is 1. The molecule has 132 valence electrons. The number of aliphatic hydroxyl groups excluding tert-OH is 1. The second-order valence-corrected chi connectivity index (χ2v) is 6.49. The van der Waals surface area contributed by atoms with E-state index >= 15 is 0 Å². The summed E-state index contributed by atoms with van der Waals surface area (Å²) in [6.07, 6.45) is 5.74. The van der Waals surface area contributed by atoms with Gasteiger partial charge in [0.1, 0.15) is 12.0 Å². The van der Waals surface area contributed by atoms with Crippen LogP contribution in [0.25, 0.3) is 0 Å². The summed E-state index contributed by atoms with van der Waals surface area (Å²) in [5, 5.41) is 21.4. The molecule has 0 amide bonds. The van der Waals surface area contributed by atoms with Crippen LogP contribution < -0.4 is 4.90 Å². The van der Waals surface area contributed by atoms with Gasteiger partial charge in [-0.05, 0) is 30.9 Å². The van der Waals surface area contributed by atoms with Crippen molar-refractivity contribution >= 4 is 11.5 Å². The zero-order valence-electron chi connectivity index (χ0n) is 14.1. The van der Waals surface area contributed by atoms with Gasteiger partial charge in [-0.3, -0.25) is 10.1 Å². The van der Waals surface area contributed by atoms with Crippen LogP contribution >= 0.6 is 0 Å². The number of rotatable bonds is 5. The summed E-state index contributed by atoms with van der Waals surface area (Å²) in [7, 11) is 0. The second-order valence-electron chi connectivity index (χ2n) is 6.49. The minimum Gasteiger partial charge on any atom is -0.388 e. The Hall–Kier alpha value is -2.47. The van der Waals surface area contributed by atoms with E-state index in [1.807, 2.05) is 30.3 Å². The first-order valence-electron chi connectivity index (χ1n) is 8.75. The number of anilines is 1. The van der Waals surface area contributed by atoms with Crippen LogP contribution in [-0.2, 0) is 0 Å². The molecule has 2 aromatic rings. The van der Waals surface area contributed by atoms with Crippen molar-refractivity contribution in [2.45, 2.75) is 44.2 Å². The van der Waals surface area contributed by atoms with E-state index in [0.29, 0.717) is 6.42 Å². The summed E-state index contributed by atoms with van der Waals surface area (Å²) in [4.78, 5) is 16.9. The van der Waals surface area contributed by atoms with Crippen molar-refractivity contribution in [2.75, 3.05) is 11.4 Å². The topological polar surface area (TPSA) is 79.5 Å². The fourth-order valence-electron chi connectivity index (χ4n) is 3.45. The van der Waals surface area contributed by atoms with E-state index in [2.05, 4.69) is 9.88 Å². The van der Waals surface area contributed by atoms with Crippen LogP contribution in [0, 0.1) is 10.1 Å². The van der Waals surface area contributed by atoms with Crippen molar-refractivity contribution in [1.82, 2.24) is 4.98 Å². The predicted octanol–water partition coefficient (Wildman–Crippen LogP) is 3.86. The van der Waals surface area contributed by atoms with Crippen LogP contribution in [-0.4, -0.2) is 27.6 Å². The lowest BCUT2D eigenvalue weighted by molar-refractivity contribution is -0.385. The third-order valence-electron chi connectivity index (χ3n) is 4.79. The van der Waals surface area contributed by atoms with Gasteiger partial charge in [-0.15, -0.1) is 0 Å². The first-order valence-corrected chi connectivity index (χ1v) is 8.75. The molecular formula is C19H23N3O3. The Bertz CT molecular complexity index is 691. The molecule has 2 heterocycles. The Labute approximate surface area is 147 Å². The van der Waals surface area contributed by atoms with Crippen molar-refractivity contribution in [3.05, 3.63) is 64.3 Å². The summed E-state index contributed by atoms with van der Waals surface area (Å²) in [6.45, 7) is 0.858. The van der Waals surface area contributed by atoms with Crippen molar-refractivity contribution in [1.29, 1.82) is 0 Å². The molecular weight excluding hydrogens is 318 g/mol. The molecule has 0 radical (unpaired) electrons. The molecule has 25 heavy (non-hydrogen) atoms. The number of nitrogens with zero attached hydrogens (tertiary/aromatic N) is 3. The molecule has 3 rings (SSSR count). The number of nitro groups is 1. The average Bonchev–Trinajstić information content (AvgIpc) is 2.88. The van der Waals surface area contributed by atoms with E-state index in [4.69, 9.17) is 0 Å². The molecule has 0 saturated carbocycles. The highest BCUT2D eigenvalue weighted by Crippen LogP contribution is 2.29. The van der Waals surface area contributed by atoms with Crippen LogP contribution in [0.1, 0.15) is 43.8 Å². The maximum Gasteiger partial charge on any atom is 0.287 e.